The summed E-state index contributed by atoms with van der Waals surface area (Å²) in [5.74, 6) is -0.295. The Morgan fingerprint density at radius 1 is 1.25 bits per heavy atom. The minimum atomic E-state index is -4.37. The summed E-state index contributed by atoms with van der Waals surface area (Å²) >= 11 is -0.188. The van der Waals surface area contributed by atoms with E-state index >= 15 is 0 Å². The Hall–Kier alpha value is -2.39. The first-order valence-corrected chi connectivity index (χ1v) is 11.0. The standard InChI is InChI=1S/C23H26F3N3O2S/c1-15(2)19-11-27-10-9-16(19)12-28-14-29(21(20(31)13-30)22(28,3)4)17-5-7-18(8-6-17)32-23(24,25)26/h5-11,13,15,21H,12,14H2,1-4H3. The normalized spacial score (nSPS) is 18.9. The van der Waals surface area contributed by atoms with Gasteiger partial charge in [0.1, 0.15) is 6.04 Å². The second-order valence-corrected chi connectivity index (χ2v) is 9.79. The number of Topliss-reactive ketones (excluding diaryl/α,β-unsaturated/α-hetero) is 1. The fourth-order valence-corrected chi connectivity index (χ4v) is 4.74. The Morgan fingerprint density at radius 2 is 1.91 bits per heavy atom. The number of anilines is 1. The molecule has 0 bridgehead atoms. The molecule has 0 saturated carbocycles. The van der Waals surface area contributed by atoms with Gasteiger partial charge in [-0.05, 0) is 73.0 Å². The van der Waals surface area contributed by atoms with E-state index in [4.69, 9.17) is 0 Å². The molecule has 0 aliphatic carbocycles. The highest BCUT2D eigenvalue weighted by Crippen LogP contribution is 2.40. The number of benzene rings is 1. The molecule has 1 aromatic heterocycles. The average molecular weight is 466 g/mol. The van der Waals surface area contributed by atoms with Crippen LogP contribution in [-0.2, 0) is 16.1 Å². The van der Waals surface area contributed by atoms with Gasteiger partial charge in [-0.1, -0.05) is 13.8 Å². The summed E-state index contributed by atoms with van der Waals surface area (Å²) in [6, 6.07) is 7.07. The predicted octanol–water partition coefficient (Wildman–Crippen LogP) is 5.01. The quantitative estimate of drug-likeness (QED) is 0.326. The molecule has 0 N–H and O–H groups in total. The van der Waals surface area contributed by atoms with Crippen LogP contribution < -0.4 is 4.90 Å². The molecule has 5 nitrogen and oxygen atoms in total. The molecule has 1 saturated heterocycles. The summed E-state index contributed by atoms with van der Waals surface area (Å²) in [5.41, 5.74) is -2.28. The number of hydrogen-bond donors (Lipinski definition) is 0. The minimum Gasteiger partial charge on any atom is -0.346 e. The monoisotopic (exact) mass is 465 g/mol. The number of alkyl halides is 3. The highest BCUT2D eigenvalue weighted by Gasteiger charge is 2.50. The SMILES string of the molecule is CC(C)c1cnccc1CN1CN(c2ccc(SC(F)(F)F)cc2)C(C(=O)C=O)C1(C)C. The van der Waals surface area contributed by atoms with Crippen molar-refractivity contribution in [2.24, 2.45) is 0 Å². The van der Waals surface area contributed by atoms with Crippen LogP contribution in [0.2, 0.25) is 0 Å². The molecular weight excluding hydrogens is 439 g/mol. The maximum absolute atomic E-state index is 12.7. The molecule has 1 aromatic carbocycles. The second-order valence-electron chi connectivity index (χ2n) is 8.66. The van der Waals surface area contributed by atoms with Gasteiger partial charge in [-0.2, -0.15) is 13.2 Å². The van der Waals surface area contributed by atoms with Crippen LogP contribution >= 0.6 is 11.8 Å². The van der Waals surface area contributed by atoms with Crippen molar-refractivity contribution in [1.29, 1.82) is 0 Å². The molecule has 1 unspecified atom stereocenters. The molecule has 2 heterocycles. The summed E-state index contributed by atoms with van der Waals surface area (Å²) in [7, 11) is 0. The number of nitrogens with zero attached hydrogens (tertiary/aromatic N) is 3. The number of carbonyl (C=O) groups excluding carboxylic acids is 2. The summed E-state index contributed by atoms with van der Waals surface area (Å²) in [4.78, 5) is 32.3. The Kier molecular flexibility index (Phi) is 7.00. The van der Waals surface area contributed by atoms with Crippen LogP contribution in [0.4, 0.5) is 18.9 Å². The van der Waals surface area contributed by atoms with E-state index in [0.717, 1.165) is 11.1 Å². The van der Waals surface area contributed by atoms with Crippen LogP contribution in [0.3, 0.4) is 0 Å². The molecule has 1 fully saturated rings. The number of hydrogen-bond acceptors (Lipinski definition) is 6. The van der Waals surface area contributed by atoms with E-state index in [1.165, 1.54) is 12.1 Å². The van der Waals surface area contributed by atoms with E-state index in [1.807, 2.05) is 26.1 Å². The number of rotatable bonds is 7. The van der Waals surface area contributed by atoms with Crippen molar-refractivity contribution < 1.29 is 22.8 Å². The lowest BCUT2D eigenvalue weighted by molar-refractivity contribution is -0.131. The lowest BCUT2D eigenvalue weighted by Gasteiger charge is -2.34. The van der Waals surface area contributed by atoms with Crippen LogP contribution in [0.1, 0.15) is 44.7 Å². The van der Waals surface area contributed by atoms with Gasteiger partial charge in [-0.3, -0.25) is 19.5 Å². The summed E-state index contributed by atoms with van der Waals surface area (Å²) < 4.78 is 38.0. The van der Waals surface area contributed by atoms with E-state index < -0.39 is 22.9 Å². The zero-order valence-electron chi connectivity index (χ0n) is 18.4. The third-order valence-electron chi connectivity index (χ3n) is 5.84. The first-order chi connectivity index (χ1) is 14.9. The Balaban J connectivity index is 1.93. The molecule has 0 spiro atoms. The van der Waals surface area contributed by atoms with Gasteiger partial charge in [-0.25, -0.2) is 0 Å². The van der Waals surface area contributed by atoms with Crippen LogP contribution in [0.15, 0.2) is 47.6 Å². The molecule has 2 aromatic rings. The Morgan fingerprint density at radius 3 is 2.47 bits per heavy atom. The van der Waals surface area contributed by atoms with E-state index in [0.29, 0.717) is 25.2 Å². The Bertz CT molecular complexity index is 977. The zero-order chi connectivity index (χ0) is 23.7. The maximum atomic E-state index is 12.7. The van der Waals surface area contributed by atoms with E-state index in [9.17, 15) is 22.8 Å². The molecule has 1 atom stereocenters. The van der Waals surface area contributed by atoms with Gasteiger partial charge in [0.15, 0.2) is 6.29 Å². The third-order valence-corrected chi connectivity index (χ3v) is 6.58. The van der Waals surface area contributed by atoms with Crippen molar-refractivity contribution in [1.82, 2.24) is 9.88 Å². The molecule has 3 rings (SSSR count). The first kappa shape index (κ1) is 24.3. The van der Waals surface area contributed by atoms with Crippen LogP contribution in [0.5, 0.6) is 0 Å². The van der Waals surface area contributed by atoms with Gasteiger partial charge in [0.25, 0.3) is 0 Å². The fraction of sp³-hybridized carbons (Fsp3) is 0.435. The molecule has 0 radical (unpaired) electrons. The molecule has 0 amide bonds. The molecule has 1 aliphatic rings. The number of aromatic nitrogens is 1. The lowest BCUT2D eigenvalue weighted by Crippen LogP contribution is -2.51. The van der Waals surface area contributed by atoms with E-state index in [1.54, 1.807) is 23.2 Å². The highest BCUT2D eigenvalue weighted by atomic mass is 32.2. The molecule has 1 aliphatic heterocycles. The van der Waals surface area contributed by atoms with Crippen molar-refractivity contribution in [3.63, 3.8) is 0 Å². The van der Waals surface area contributed by atoms with Gasteiger partial charge < -0.3 is 4.90 Å². The van der Waals surface area contributed by atoms with Gasteiger partial charge in [-0.15, -0.1) is 0 Å². The summed E-state index contributed by atoms with van der Waals surface area (Å²) in [5, 5.41) is 0. The Labute approximate surface area is 190 Å². The number of ketones is 1. The second kappa shape index (κ2) is 9.23. The maximum Gasteiger partial charge on any atom is 0.446 e. The summed E-state index contributed by atoms with van der Waals surface area (Å²) in [6.45, 7) is 8.88. The largest absolute Gasteiger partial charge is 0.446 e. The average Bonchev–Trinajstić information content (AvgIpc) is 2.97. The highest BCUT2D eigenvalue weighted by molar-refractivity contribution is 8.00. The van der Waals surface area contributed by atoms with Crippen molar-refractivity contribution in [3.8, 4) is 0 Å². The van der Waals surface area contributed by atoms with E-state index in [-0.39, 0.29) is 22.6 Å². The molecule has 172 valence electrons. The van der Waals surface area contributed by atoms with E-state index in [2.05, 4.69) is 23.7 Å². The molecule has 9 heteroatoms. The number of halogens is 3. The number of pyridine rings is 1. The molecule has 32 heavy (non-hydrogen) atoms. The van der Waals surface area contributed by atoms with Crippen molar-refractivity contribution in [2.45, 2.75) is 62.1 Å². The first-order valence-electron chi connectivity index (χ1n) is 10.2. The third kappa shape index (κ3) is 5.15. The number of carbonyl (C=O) groups is 2. The van der Waals surface area contributed by atoms with Gasteiger partial charge in [0, 0.05) is 35.1 Å². The predicted molar refractivity (Wildman–Crippen MR) is 119 cm³/mol. The van der Waals surface area contributed by atoms with Gasteiger partial charge >= 0.3 is 5.51 Å². The van der Waals surface area contributed by atoms with Crippen molar-refractivity contribution >= 4 is 29.5 Å². The lowest BCUT2D eigenvalue weighted by atomic mass is 9.90. The van der Waals surface area contributed by atoms with Crippen LogP contribution in [0.25, 0.3) is 0 Å². The van der Waals surface area contributed by atoms with Crippen molar-refractivity contribution in [3.05, 3.63) is 53.9 Å². The van der Waals surface area contributed by atoms with Crippen LogP contribution in [-0.4, -0.2) is 45.7 Å². The van der Waals surface area contributed by atoms with Crippen LogP contribution in [0, 0.1) is 0 Å². The number of aldehydes is 1. The fourth-order valence-electron chi connectivity index (χ4n) is 4.20. The zero-order valence-corrected chi connectivity index (χ0v) is 19.2. The minimum absolute atomic E-state index is 0.0631. The van der Waals surface area contributed by atoms with Gasteiger partial charge in [0.05, 0.1) is 6.67 Å². The topological polar surface area (TPSA) is 53.5 Å². The molecular formula is C23H26F3N3O2S. The number of thioether (sulfide) groups is 1. The summed E-state index contributed by atoms with van der Waals surface area (Å²) in [6.07, 6.45) is 3.89. The van der Waals surface area contributed by atoms with Gasteiger partial charge in [0.2, 0.25) is 5.78 Å². The smallest absolute Gasteiger partial charge is 0.346 e. The van der Waals surface area contributed by atoms with Crippen molar-refractivity contribution in [2.75, 3.05) is 11.6 Å².